The highest BCUT2D eigenvalue weighted by Crippen LogP contribution is 2.51. The number of benzene rings is 2. The number of nitrogens with zero attached hydrogens (tertiary/aromatic N) is 1. The van der Waals surface area contributed by atoms with Gasteiger partial charge in [-0.25, -0.2) is 9.29 Å². The molecule has 4 rings (SSSR count). The molecule has 0 radical (unpaired) electrons. The fraction of sp³-hybridized carbons (Fsp3) is 0.407. The lowest BCUT2D eigenvalue weighted by molar-refractivity contribution is -0.155. The summed E-state index contributed by atoms with van der Waals surface area (Å²) >= 11 is 0. The van der Waals surface area contributed by atoms with E-state index in [0.717, 1.165) is 11.3 Å². The number of hydrogen-bond acceptors (Lipinski definition) is 6. The number of unbranched alkanes of at least 4 members (excludes halogenated alkanes) is 1. The largest absolute Gasteiger partial charge is 0.465 e. The van der Waals surface area contributed by atoms with Gasteiger partial charge in [-0.15, -0.1) is 0 Å². The standard InChI is InChI=1S/C27H29FN2O5/c1-4-6-13-27(26(34)35-5-2)22-21(23(29-27)18-10-7-11-19(28)14-18)24(32)30(25(22)33)20-12-8-9-17(15-20)16(3)31/h7-12,14-15,21-23,29H,4-6,13H2,1-3H3/t21-,22+,23-,27+/m1/s1. The third-order valence-corrected chi connectivity index (χ3v) is 6.94. The van der Waals surface area contributed by atoms with E-state index in [1.165, 1.54) is 31.2 Å². The number of esters is 1. The molecule has 8 heteroatoms. The maximum Gasteiger partial charge on any atom is 0.327 e. The minimum absolute atomic E-state index is 0.114. The number of ether oxygens (including phenoxy) is 1. The van der Waals surface area contributed by atoms with Gasteiger partial charge < -0.3 is 4.74 Å². The van der Waals surface area contributed by atoms with Crippen LogP contribution in [0, 0.1) is 17.7 Å². The average molecular weight is 481 g/mol. The first-order chi connectivity index (χ1) is 16.7. The SMILES string of the molecule is CCCC[C@]1(C(=O)OCC)N[C@H](c2cccc(F)c2)[C@@H]2C(=O)N(c3cccc(C(C)=O)c3)C(=O)[C@H]21. The normalized spacial score (nSPS) is 25.6. The first-order valence-electron chi connectivity index (χ1n) is 11.9. The Morgan fingerprint density at radius 3 is 2.49 bits per heavy atom. The number of Topliss-reactive ketones (excluding diaryl/α,β-unsaturated/α-hetero) is 1. The van der Waals surface area contributed by atoms with E-state index in [9.17, 15) is 23.6 Å². The summed E-state index contributed by atoms with van der Waals surface area (Å²) in [7, 11) is 0. The molecular formula is C27H29FN2O5. The number of ketones is 1. The van der Waals surface area contributed by atoms with Gasteiger partial charge in [0.1, 0.15) is 11.4 Å². The van der Waals surface area contributed by atoms with Crippen molar-refractivity contribution < 1.29 is 28.3 Å². The van der Waals surface area contributed by atoms with E-state index in [1.807, 2.05) is 6.92 Å². The van der Waals surface area contributed by atoms with Crippen LogP contribution < -0.4 is 10.2 Å². The van der Waals surface area contributed by atoms with E-state index in [0.29, 0.717) is 17.5 Å². The number of hydrogen-bond donors (Lipinski definition) is 1. The monoisotopic (exact) mass is 480 g/mol. The Kier molecular flexibility index (Phi) is 6.85. The molecule has 2 aromatic rings. The van der Waals surface area contributed by atoms with Crippen LogP contribution in [-0.2, 0) is 19.1 Å². The molecule has 184 valence electrons. The van der Waals surface area contributed by atoms with Crippen LogP contribution in [0.3, 0.4) is 0 Å². The lowest BCUT2D eigenvalue weighted by Gasteiger charge is -2.33. The Balaban J connectivity index is 1.87. The van der Waals surface area contributed by atoms with E-state index in [4.69, 9.17) is 4.74 Å². The summed E-state index contributed by atoms with van der Waals surface area (Å²) in [5, 5.41) is 3.27. The second-order valence-corrected chi connectivity index (χ2v) is 9.09. The summed E-state index contributed by atoms with van der Waals surface area (Å²) in [6, 6.07) is 11.4. The van der Waals surface area contributed by atoms with Gasteiger partial charge in [0.15, 0.2) is 5.78 Å². The van der Waals surface area contributed by atoms with Gasteiger partial charge in [-0.2, -0.15) is 0 Å². The predicted molar refractivity (Wildman–Crippen MR) is 127 cm³/mol. The number of imide groups is 1. The van der Waals surface area contributed by atoms with Crippen molar-refractivity contribution in [2.75, 3.05) is 11.5 Å². The van der Waals surface area contributed by atoms with Crippen molar-refractivity contribution in [3.63, 3.8) is 0 Å². The molecule has 0 saturated carbocycles. The lowest BCUT2D eigenvalue weighted by Crippen LogP contribution is -2.56. The molecular weight excluding hydrogens is 451 g/mol. The third kappa shape index (κ3) is 4.16. The van der Waals surface area contributed by atoms with Crippen LogP contribution in [0.2, 0.25) is 0 Å². The molecule has 2 heterocycles. The molecule has 2 aromatic carbocycles. The molecule has 2 amide bonds. The minimum atomic E-state index is -1.44. The lowest BCUT2D eigenvalue weighted by atomic mass is 9.76. The summed E-state index contributed by atoms with van der Waals surface area (Å²) in [6.07, 6.45) is 1.67. The van der Waals surface area contributed by atoms with Crippen molar-refractivity contribution in [1.29, 1.82) is 0 Å². The number of anilines is 1. The highest BCUT2D eigenvalue weighted by Gasteiger charge is 2.68. The van der Waals surface area contributed by atoms with Gasteiger partial charge >= 0.3 is 5.97 Å². The second-order valence-electron chi connectivity index (χ2n) is 9.09. The molecule has 7 nitrogen and oxygen atoms in total. The molecule has 0 aromatic heterocycles. The highest BCUT2D eigenvalue weighted by atomic mass is 19.1. The Morgan fingerprint density at radius 1 is 1.09 bits per heavy atom. The van der Waals surface area contributed by atoms with Crippen molar-refractivity contribution >= 4 is 29.3 Å². The van der Waals surface area contributed by atoms with Crippen molar-refractivity contribution in [2.24, 2.45) is 11.8 Å². The molecule has 2 saturated heterocycles. The molecule has 1 N–H and O–H groups in total. The van der Waals surface area contributed by atoms with Gasteiger partial charge in [-0.1, -0.05) is 44.0 Å². The molecule has 0 spiro atoms. The van der Waals surface area contributed by atoms with E-state index in [2.05, 4.69) is 5.32 Å². The maximum absolute atomic E-state index is 14.2. The second kappa shape index (κ2) is 9.70. The van der Waals surface area contributed by atoms with Gasteiger partial charge in [-0.3, -0.25) is 24.5 Å². The van der Waals surface area contributed by atoms with Crippen LogP contribution in [0.25, 0.3) is 0 Å². The zero-order chi connectivity index (χ0) is 25.3. The molecule has 0 bridgehead atoms. The number of rotatable bonds is 8. The summed E-state index contributed by atoms with van der Waals surface area (Å²) in [4.78, 5) is 54.1. The molecule has 2 aliphatic heterocycles. The number of carbonyl (C=O) groups is 4. The molecule has 0 aliphatic carbocycles. The molecule has 35 heavy (non-hydrogen) atoms. The van der Waals surface area contributed by atoms with Crippen LogP contribution in [0.4, 0.5) is 10.1 Å². The smallest absolute Gasteiger partial charge is 0.327 e. The number of nitrogens with one attached hydrogen (secondary N) is 1. The molecule has 2 fully saturated rings. The molecule has 0 unspecified atom stereocenters. The fourth-order valence-electron chi connectivity index (χ4n) is 5.34. The zero-order valence-electron chi connectivity index (χ0n) is 20.0. The van der Waals surface area contributed by atoms with Crippen LogP contribution in [0.5, 0.6) is 0 Å². The fourth-order valence-corrected chi connectivity index (χ4v) is 5.34. The predicted octanol–water partition coefficient (Wildman–Crippen LogP) is 3.97. The van der Waals surface area contributed by atoms with Crippen LogP contribution in [0.1, 0.15) is 62.0 Å². The van der Waals surface area contributed by atoms with E-state index in [-0.39, 0.29) is 24.5 Å². The summed E-state index contributed by atoms with van der Waals surface area (Å²) in [5.41, 5.74) is -0.327. The molecule has 4 atom stereocenters. The van der Waals surface area contributed by atoms with Gasteiger partial charge in [0.25, 0.3) is 0 Å². The Labute approximate surface area is 203 Å². The minimum Gasteiger partial charge on any atom is -0.465 e. The summed E-state index contributed by atoms with van der Waals surface area (Å²) < 4.78 is 19.6. The Bertz CT molecular complexity index is 1180. The molecule has 2 aliphatic rings. The van der Waals surface area contributed by atoms with Crippen LogP contribution in [-0.4, -0.2) is 35.7 Å². The van der Waals surface area contributed by atoms with Crippen LogP contribution in [0.15, 0.2) is 48.5 Å². The number of halogens is 1. The zero-order valence-corrected chi connectivity index (χ0v) is 20.0. The van der Waals surface area contributed by atoms with E-state index < -0.39 is 47.0 Å². The van der Waals surface area contributed by atoms with Crippen molar-refractivity contribution in [2.45, 2.75) is 51.6 Å². The summed E-state index contributed by atoms with van der Waals surface area (Å²) in [6.45, 7) is 5.17. The quantitative estimate of drug-likeness (QED) is 0.349. The topological polar surface area (TPSA) is 92.8 Å². The maximum atomic E-state index is 14.2. The summed E-state index contributed by atoms with van der Waals surface area (Å²) in [5.74, 6) is -4.27. The number of carbonyl (C=O) groups excluding carboxylic acids is 4. The number of amides is 2. The number of fused-ring (bicyclic) bond motifs is 1. The van der Waals surface area contributed by atoms with Crippen molar-refractivity contribution in [3.05, 3.63) is 65.5 Å². The van der Waals surface area contributed by atoms with Crippen LogP contribution >= 0.6 is 0 Å². The van der Waals surface area contributed by atoms with Gasteiger partial charge in [0, 0.05) is 11.6 Å². The first-order valence-corrected chi connectivity index (χ1v) is 11.9. The van der Waals surface area contributed by atoms with Crippen molar-refractivity contribution in [3.8, 4) is 0 Å². The van der Waals surface area contributed by atoms with Crippen molar-refractivity contribution in [1.82, 2.24) is 5.32 Å². The Morgan fingerprint density at radius 2 is 1.83 bits per heavy atom. The van der Waals surface area contributed by atoms with Gasteiger partial charge in [-0.05, 0) is 50.1 Å². The Hall–Kier alpha value is -3.39. The van der Waals surface area contributed by atoms with E-state index in [1.54, 1.807) is 31.2 Å². The average Bonchev–Trinajstić information content (AvgIpc) is 3.32. The third-order valence-electron chi connectivity index (χ3n) is 6.94. The van der Waals surface area contributed by atoms with Gasteiger partial charge in [0.05, 0.1) is 24.1 Å². The first kappa shape index (κ1) is 24.7. The van der Waals surface area contributed by atoms with E-state index >= 15 is 0 Å². The van der Waals surface area contributed by atoms with Gasteiger partial charge in [0.2, 0.25) is 11.8 Å². The highest BCUT2D eigenvalue weighted by molar-refractivity contribution is 6.24.